The van der Waals surface area contributed by atoms with Gasteiger partial charge in [-0.2, -0.15) is 0 Å². The van der Waals surface area contributed by atoms with Crippen LogP contribution in [-0.2, 0) is 4.79 Å². The molecule has 0 amide bonds. The summed E-state index contributed by atoms with van der Waals surface area (Å²) >= 11 is 0. The van der Waals surface area contributed by atoms with Gasteiger partial charge in [-0.05, 0) is 60.2 Å². The number of nitrogens with zero attached hydrogens (tertiary/aromatic N) is 2. The first kappa shape index (κ1) is 21.5. The minimum absolute atomic E-state index is 0.0435. The number of anilines is 1. The van der Waals surface area contributed by atoms with E-state index in [0.717, 1.165) is 51.4 Å². The molecule has 0 spiro atoms. The third kappa shape index (κ3) is 3.40. The molecule has 35 heavy (non-hydrogen) atoms. The molecule has 1 aromatic heterocycles. The van der Waals surface area contributed by atoms with Crippen LogP contribution >= 0.6 is 0 Å². The summed E-state index contributed by atoms with van der Waals surface area (Å²) in [4.78, 5) is 18.8. The molecule has 1 aliphatic carbocycles. The van der Waals surface area contributed by atoms with Gasteiger partial charge in [0.1, 0.15) is 0 Å². The van der Waals surface area contributed by atoms with Gasteiger partial charge in [-0.25, -0.2) is 4.98 Å². The molecule has 4 aromatic rings. The average molecular weight is 466 g/mol. The Labute approximate surface area is 204 Å². The molecular weight excluding hydrogens is 438 g/mol. The topological polar surface area (TPSA) is 65.4 Å². The monoisotopic (exact) mass is 465 g/mol. The fourth-order valence-corrected chi connectivity index (χ4v) is 5.56. The maximum atomic E-state index is 13.9. The fourth-order valence-electron chi connectivity index (χ4n) is 5.56. The number of nitrogens with one attached hydrogen (secondary N) is 1. The maximum Gasteiger partial charge on any atom is 0.209 e. The number of benzene rings is 3. The lowest BCUT2D eigenvalue weighted by atomic mass is 9.77. The lowest BCUT2D eigenvalue weighted by Crippen LogP contribution is -2.33. The SMILES string of the molecule is COc1ccc([C@@H]2CC(=O)C3=C(C2)Nc2nc4ccccc4n2[C@@H]3c2ccccc2C)cc1OC. The van der Waals surface area contributed by atoms with Crippen LogP contribution < -0.4 is 14.8 Å². The average Bonchev–Trinajstić information content (AvgIpc) is 3.25. The molecule has 0 saturated carbocycles. The Morgan fingerprint density at radius 1 is 0.943 bits per heavy atom. The summed E-state index contributed by atoms with van der Waals surface area (Å²) in [5, 5.41) is 3.54. The number of rotatable bonds is 4. The molecule has 2 aliphatic rings. The standard InChI is InChI=1S/C29H27N3O3/c1-17-8-4-5-9-20(17)28-27-22(31-29-30-21-10-6-7-11-23(21)32(28)29)14-19(15-24(27)33)18-12-13-25(34-2)26(16-18)35-3/h4-13,16,19,28H,14-15H2,1-3H3,(H,30,31)/t19-,28+/m0/s1. The molecule has 0 radical (unpaired) electrons. The number of aryl methyl sites for hydroxylation is 1. The number of aromatic nitrogens is 2. The number of carbonyl (C=O) groups is 1. The number of allylic oxidation sites excluding steroid dienone is 2. The molecule has 2 atom stereocenters. The first-order chi connectivity index (χ1) is 17.1. The van der Waals surface area contributed by atoms with Crippen LogP contribution in [0.5, 0.6) is 11.5 Å². The van der Waals surface area contributed by atoms with Crippen molar-refractivity contribution in [3.05, 3.63) is 94.7 Å². The number of Topliss-reactive ketones (excluding diaryl/α,β-unsaturated/α-hetero) is 1. The van der Waals surface area contributed by atoms with Gasteiger partial charge in [0, 0.05) is 17.7 Å². The van der Waals surface area contributed by atoms with Gasteiger partial charge < -0.3 is 14.8 Å². The summed E-state index contributed by atoms with van der Waals surface area (Å²) < 4.78 is 13.1. The summed E-state index contributed by atoms with van der Waals surface area (Å²) in [5.41, 5.74) is 7.08. The van der Waals surface area contributed by atoms with Gasteiger partial charge in [-0.3, -0.25) is 9.36 Å². The number of hydrogen-bond donors (Lipinski definition) is 1. The Morgan fingerprint density at radius 2 is 1.71 bits per heavy atom. The van der Waals surface area contributed by atoms with Crippen LogP contribution in [0.1, 0.15) is 41.5 Å². The Hall–Kier alpha value is -4.06. The van der Waals surface area contributed by atoms with E-state index >= 15 is 0 Å². The van der Waals surface area contributed by atoms with E-state index < -0.39 is 0 Å². The molecule has 6 rings (SSSR count). The fraction of sp³-hybridized carbons (Fsp3) is 0.241. The van der Waals surface area contributed by atoms with Gasteiger partial charge >= 0.3 is 0 Å². The quantitative estimate of drug-likeness (QED) is 0.414. The van der Waals surface area contributed by atoms with E-state index in [0.29, 0.717) is 17.9 Å². The molecule has 0 fully saturated rings. The summed E-state index contributed by atoms with van der Waals surface area (Å²) in [5.74, 6) is 2.34. The Balaban J connectivity index is 1.49. The zero-order chi connectivity index (χ0) is 24.1. The molecule has 6 nitrogen and oxygen atoms in total. The number of carbonyl (C=O) groups excluding carboxylic acids is 1. The number of ether oxygens (including phenoxy) is 2. The number of fused-ring (bicyclic) bond motifs is 3. The van der Waals surface area contributed by atoms with Crippen molar-refractivity contribution in [2.75, 3.05) is 19.5 Å². The van der Waals surface area contributed by atoms with Crippen LogP contribution in [0.25, 0.3) is 11.0 Å². The van der Waals surface area contributed by atoms with Gasteiger partial charge in [0.25, 0.3) is 0 Å². The highest BCUT2D eigenvalue weighted by Crippen LogP contribution is 2.47. The highest BCUT2D eigenvalue weighted by Gasteiger charge is 2.40. The summed E-state index contributed by atoms with van der Waals surface area (Å²) in [6.07, 6.45) is 1.17. The van der Waals surface area contributed by atoms with E-state index in [-0.39, 0.29) is 17.7 Å². The number of hydrogen-bond acceptors (Lipinski definition) is 5. The van der Waals surface area contributed by atoms with Gasteiger partial charge in [-0.15, -0.1) is 0 Å². The second-order valence-corrected chi connectivity index (χ2v) is 9.21. The number of ketones is 1. The number of imidazole rings is 1. The Morgan fingerprint density at radius 3 is 2.51 bits per heavy atom. The van der Waals surface area contributed by atoms with Crippen molar-refractivity contribution in [3.8, 4) is 11.5 Å². The normalized spacial score (nSPS) is 19.2. The van der Waals surface area contributed by atoms with Crippen LogP contribution in [0.15, 0.2) is 78.0 Å². The van der Waals surface area contributed by atoms with Crippen molar-refractivity contribution in [1.82, 2.24) is 9.55 Å². The highest BCUT2D eigenvalue weighted by atomic mass is 16.5. The van der Waals surface area contributed by atoms with Gasteiger partial charge in [0.2, 0.25) is 5.95 Å². The van der Waals surface area contributed by atoms with Crippen molar-refractivity contribution in [2.24, 2.45) is 0 Å². The highest BCUT2D eigenvalue weighted by molar-refractivity contribution is 6.01. The zero-order valence-electron chi connectivity index (χ0n) is 20.0. The zero-order valence-corrected chi connectivity index (χ0v) is 20.0. The van der Waals surface area contributed by atoms with E-state index in [1.54, 1.807) is 14.2 Å². The number of methoxy groups -OCH3 is 2. The molecule has 3 aromatic carbocycles. The molecule has 6 heteroatoms. The van der Waals surface area contributed by atoms with Crippen LogP contribution in [0.2, 0.25) is 0 Å². The molecule has 2 heterocycles. The van der Waals surface area contributed by atoms with Crippen molar-refractivity contribution in [3.63, 3.8) is 0 Å². The first-order valence-corrected chi connectivity index (χ1v) is 11.9. The molecule has 0 bridgehead atoms. The molecule has 1 N–H and O–H groups in total. The third-order valence-corrected chi connectivity index (χ3v) is 7.26. The smallest absolute Gasteiger partial charge is 0.209 e. The predicted molar refractivity (Wildman–Crippen MR) is 136 cm³/mol. The van der Waals surface area contributed by atoms with Crippen molar-refractivity contribution < 1.29 is 14.3 Å². The van der Waals surface area contributed by atoms with Crippen LogP contribution in [0.3, 0.4) is 0 Å². The summed E-state index contributed by atoms with van der Waals surface area (Å²) in [7, 11) is 3.26. The van der Waals surface area contributed by atoms with Crippen LogP contribution in [-0.4, -0.2) is 29.6 Å². The second kappa shape index (κ2) is 8.31. The van der Waals surface area contributed by atoms with Gasteiger partial charge in [0.05, 0.1) is 31.3 Å². The Bertz CT molecular complexity index is 1500. The molecule has 176 valence electrons. The van der Waals surface area contributed by atoms with E-state index in [2.05, 4.69) is 35.0 Å². The second-order valence-electron chi connectivity index (χ2n) is 9.21. The number of para-hydroxylation sites is 2. The van der Waals surface area contributed by atoms with Gasteiger partial charge in [0.15, 0.2) is 17.3 Å². The summed E-state index contributed by atoms with van der Waals surface area (Å²) in [6.45, 7) is 2.11. The predicted octanol–water partition coefficient (Wildman–Crippen LogP) is 5.78. The first-order valence-electron chi connectivity index (χ1n) is 11.9. The lowest BCUT2D eigenvalue weighted by molar-refractivity contribution is -0.116. The van der Waals surface area contributed by atoms with Gasteiger partial charge in [-0.1, -0.05) is 42.5 Å². The van der Waals surface area contributed by atoms with E-state index in [1.165, 1.54) is 0 Å². The minimum Gasteiger partial charge on any atom is -0.493 e. The Kier molecular flexibility index (Phi) is 5.10. The molecule has 0 saturated heterocycles. The third-order valence-electron chi connectivity index (χ3n) is 7.26. The van der Waals surface area contributed by atoms with E-state index in [4.69, 9.17) is 14.5 Å². The molecule has 0 unspecified atom stereocenters. The molecule has 1 aliphatic heterocycles. The van der Waals surface area contributed by atoms with Crippen molar-refractivity contribution in [2.45, 2.75) is 31.7 Å². The lowest BCUT2D eigenvalue weighted by Gasteiger charge is -2.37. The van der Waals surface area contributed by atoms with E-state index in [1.807, 2.05) is 48.5 Å². The van der Waals surface area contributed by atoms with Crippen molar-refractivity contribution >= 4 is 22.8 Å². The largest absolute Gasteiger partial charge is 0.493 e. The summed E-state index contributed by atoms with van der Waals surface area (Å²) in [6, 6.07) is 22.1. The minimum atomic E-state index is -0.214. The van der Waals surface area contributed by atoms with Crippen LogP contribution in [0, 0.1) is 6.92 Å². The van der Waals surface area contributed by atoms with Crippen LogP contribution in [0.4, 0.5) is 5.95 Å². The van der Waals surface area contributed by atoms with E-state index in [9.17, 15) is 4.79 Å². The van der Waals surface area contributed by atoms with Crippen molar-refractivity contribution in [1.29, 1.82) is 0 Å². The maximum absolute atomic E-state index is 13.9. The molecular formula is C29H27N3O3.